The van der Waals surface area contributed by atoms with E-state index in [0.717, 1.165) is 102 Å². The van der Waals surface area contributed by atoms with Crippen molar-refractivity contribution in [1.82, 2.24) is 0 Å². The predicted octanol–water partition coefficient (Wildman–Crippen LogP) is 23.5. The smallest absolute Gasteiger partial charge is 0.462 e. The zero-order valence-electron chi connectivity index (χ0n) is 64.1. The monoisotopic (exact) mass is 1440 g/mol. The summed E-state index contributed by atoms with van der Waals surface area (Å²) < 4.78 is 68.6. The Hall–Kier alpha value is -1.94. The Balaban J connectivity index is 5.24. The number of hydrogen-bond acceptors (Lipinski definition) is 15. The molecule has 0 radical (unpaired) electrons. The van der Waals surface area contributed by atoms with Crippen LogP contribution in [0.4, 0.5) is 0 Å². The summed E-state index contributed by atoms with van der Waals surface area (Å²) in [5, 5.41) is 10.6. The van der Waals surface area contributed by atoms with Gasteiger partial charge in [0, 0.05) is 25.7 Å². The van der Waals surface area contributed by atoms with Gasteiger partial charge in [0.05, 0.1) is 26.4 Å². The van der Waals surface area contributed by atoms with E-state index in [1.54, 1.807) is 0 Å². The number of rotatable bonds is 78. The first-order chi connectivity index (χ1) is 47.4. The highest BCUT2D eigenvalue weighted by atomic mass is 31.2. The van der Waals surface area contributed by atoms with Crippen molar-refractivity contribution in [2.24, 2.45) is 11.8 Å². The molecular formula is C79H154O17P2. The van der Waals surface area contributed by atoms with Gasteiger partial charge >= 0.3 is 39.5 Å². The Kier molecular flexibility index (Phi) is 69.3. The molecule has 0 amide bonds. The SMILES string of the molecule is CCCCCCCCCCCCCCCCCCCC(=O)OC[C@H](COP(=O)(O)OC[C@@H](O)COP(=O)(O)OC[C@@H](COC(=O)CCCCCCCCCC(C)C)OC(=O)CCCCCCCCCCCCCCC)OC(=O)CCCCCCCCCCCCCCCCCC(C)C. The van der Waals surface area contributed by atoms with E-state index in [1.807, 2.05) is 0 Å². The number of phosphoric ester groups is 2. The summed E-state index contributed by atoms with van der Waals surface area (Å²) in [7, 11) is -9.92. The average molecular weight is 1440 g/mol. The molecule has 0 heterocycles. The number of hydrogen-bond donors (Lipinski definition) is 3. The van der Waals surface area contributed by atoms with Crippen LogP contribution < -0.4 is 0 Å². The second-order valence-electron chi connectivity index (χ2n) is 29.4. The number of aliphatic hydroxyl groups is 1. The Labute approximate surface area is 600 Å². The fourth-order valence-corrected chi connectivity index (χ4v) is 13.8. The number of esters is 4. The molecule has 582 valence electrons. The van der Waals surface area contributed by atoms with Crippen molar-refractivity contribution in [3.8, 4) is 0 Å². The van der Waals surface area contributed by atoms with E-state index in [1.165, 1.54) is 225 Å². The van der Waals surface area contributed by atoms with Crippen molar-refractivity contribution in [3.63, 3.8) is 0 Å². The molecule has 0 aromatic rings. The van der Waals surface area contributed by atoms with E-state index in [4.69, 9.17) is 37.0 Å². The third-order valence-electron chi connectivity index (χ3n) is 18.5. The highest BCUT2D eigenvalue weighted by Crippen LogP contribution is 2.45. The number of unbranched alkanes of at least 4 members (excludes halogenated alkanes) is 48. The molecule has 17 nitrogen and oxygen atoms in total. The molecule has 0 aliphatic heterocycles. The first kappa shape index (κ1) is 96.1. The van der Waals surface area contributed by atoms with Gasteiger partial charge in [-0.05, 0) is 37.5 Å². The zero-order valence-corrected chi connectivity index (χ0v) is 65.9. The lowest BCUT2D eigenvalue weighted by molar-refractivity contribution is -0.161. The van der Waals surface area contributed by atoms with E-state index in [9.17, 15) is 43.2 Å². The van der Waals surface area contributed by atoms with Gasteiger partial charge < -0.3 is 33.8 Å². The summed E-state index contributed by atoms with van der Waals surface area (Å²) in [6.07, 6.45) is 59.7. The van der Waals surface area contributed by atoms with Crippen molar-refractivity contribution in [3.05, 3.63) is 0 Å². The topological polar surface area (TPSA) is 237 Å². The molecule has 19 heteroatoms. The molecule has 98 heavy (non-hydrogen) atoms. The van der Waals surface area contributed by atoms with Crippen LogP contribution in [0, 0.1) is 11.8 Å². The Morgan fingerprint density at radius 3 is 0.694 bits per heavy atom. The Bertz CT molecular complexity index is 1890. The van der Waals surface area contributed by atoms with Crippen LogP contribution >= 0.6 is 15.6 Å². The maximum absolute atomic E-state index is 13.1. The van der Waals surface area contributed by atoms with Gasteiger partial charge in [-0.25, -0.2) is 9.13 Å². The van der Waals surface area contributed by atoms with E-state index < -0.39 is 97.5 Å². The third-order valence-corrected chi connectivity index (χ3v) is 20.4. The van der Waals surface area contributed by atoms with Crippen LogP contribution in [0.2, 0.25) is 0 Å². The van der Waals surface area contributed by atoms with Crippen LogP contribution in [0.1, 0.15) is 414 Å². The highest BCUT2D eigenvalue weighted by Gasteiger charge is 2.30. The van der Waals surface area contributed by atoms with Crippen LogP contribution in [-0.4, -0.2) is 96.7 Å². The summed E-state index contributed by atoms with van der Waals surface area (Å²) in [4.78, 5) is 72.9. The lowest BCUT2D eigenvalue weighted by Gasteiger charge is -2.21. The van der Waals surface area contributed by atoms with Gasteiger partial charge in [0.25, 0.3) is 0 Å². The maximum atomic E-state index is 13.1. The van der Waals surface area contributed by atoms with Crippen LogP contribution in [-0.2, 0) is 65.4 Å². The highest BCUT2D eigenvalue weighted by molar-refractivity contribution is 7.47. The van der Waals surface area contributed by atoms with Crippen molar-refractivity contribution in [2.75, 3.05) is 39.6 Å². The summed E-state index contributed by atoms with van der Waals surface area (Å²) >= 11 is 0. The van der Waals surface area contributed by atoms with E-state index in [-0.39, 0.29) is 25.7 Å². The molecule has 0 saturated heterocycles. The molecule has 0 rings (SSSR count). The molecule has 0 aromatic heterocycles. The number of phosphoric acid groups is 2. The number of carbonyl (C=O) groups excluding carboxylic acids is 4. The number of aliphatic hydroxyl groups excluding tert-OH is 1. The van der Waals surface area contributed by atoms with Crippen molar-refractivity contribution in [2.45, 2.75) is 432 Å². The molecule has 0 bridgehead atoms. The third kappa shape index (κ3) is 72.4. The molecule has 0 aliphatic rings. The summed E-state index contributed by atoms with van der Waals surface area (Å²) in [5.41, 5.74) is 0. The fourth-order valence-electron chi connectivity index (χ4n) is 12.2. The summed E-state index contributed by atoms with van der Waals surface area (Å²) in [5.74, 6) is -0.603. The maximum Gasteiger partial charge on any atom is 0.472 e. The number of ether oxygens (including phenoxy) is 4. The van der Waals surface area contributed by atoms with E-state index in [2.05, 4.69) is 41.5 Å². The van der Waals surface area contributed by atoms with Crippen molar-refractivity contribution in [1.29, 1.82) is 0 Å². The van der Waals surface area contributed by atoms with Gasteiger partial charge in [0.1, 0.15) is 19.3 Å². The first-order valence-electron chi connectivity index (χ1n) is 41.0. The molecule has 0 spiro atoms. The second kappa shape index (κ2) is 70.7. The minimum Gasteiger partial charge on any atom is -0.462 e. The van der Waals surface area contributed by atoms with Crippen LogP contribution in [0.15, 0.2) is 0 Å². The van der Waals surface area contributed by atoms with Crippen molar-refractivity contribution < 1.29 is 80.2 Å². The van der Waals surface area contributed by atoms with Gasteiger partial charge in [0.2, 0.25) is 0 Å². The van der Waals surface area contributed by atoms with Gasteiger partial charge in [-0.3, -0.25) is 37.3 Å². The standard InChI is InChI=1S/C79H154O17P2/c1-7-9-11-13-15-17-19-21-22-23-26-30-33-37-43-49-55-61-76(81)89-67-74(95-79(84)64-58-52-45-39-35-31-27-24-25-29-32-36-41-47-53-59-71(3)4)69-93-97(85,86)91-65-73(80)66-92-98(87,88)94-70-75(68-90-77(82)62-56-50-46-40-42-48-54-60-72(5)6)96-78(83)63-57-51-44-38-34-28-20-18-16-14-12-10-8-2/h71-75,80H,7-70H2,1-6H3,(H,85,86)(H,87,88)/t73-,74-,75-/m1/s1. The molecule has 0 aliphatic carbocycles. The fraction of sp³-hybridized carbons (Fsp3) is 0.949. The quantitative estimate of drug-likeness (QED) is 0.0222. The molecule has 2 unspecified atom stereocenters. The minimum absolute atomic E-state index is 0.107. The molecule has 3 N–H and O–H groups in total. The molecule has 0 saturated carbocycles. The summed E-state index contributed by atoms with van der Waals surface area (Å²) in [6, 6.07) is 0. The molecule has 0 aromatic carbocycles. The summed E-state index contributed by atoms with van der Waals surface area (Å²) in [6.45, 7) is 9.60. The van der Waals surface area contributed by atoms with Crippen LogP contribution in [0.5, 0.6) is 0 Å². The van der Waals surface area contributed by atoms with Crippen molar-refractivity contribution >= 4 is 39.5 Å². The van der Waals surface area contributed by atoms with Crippen LogP contribution in [0.3, 0.4) is 0 Å². The Morgan fingerprint density at radius 1 is 0.276 bits per heavy atom. The normalized spacial score (nSPS) is 13.9. The molecule has 0 fully saturated rings. The average Bonchev–Trinajstić information content (AvgIpc) is 1.94. The van der Waals surface area contributed by atoms with Gasteiger partial charge in [0.15, 0.2) is 12.2 Å². The minimum atomic E-state index is -4.96. The lowest BCUT2D eigenvalue weighted by atomic mass is 10.0. The first-order valence-corrected chi connectivity index (χ1v) is 44.0. The second-order valence-corrected chi connectivity index (χ2v) is 32.3. The van der Waals surface area contributed by atoms with E-state index in [0.29, 0.717) is 31.6 Å². The van der Waals surface area contributed by atoms with Gasteiger partial charge in [-0.15, -0.1) is 0 Å². The molecule has 5 atom stereocenters. The van der Waals surface area contributed by atoms with Gasteiger partial charge in [-0.1, -0.05) is 363 Å². The van der Waals surface area contributed by atoms with Gasteiger partial charge in [-0.2, -0.15) is 0 Å². The zero-order chi connectivity index (χ0) is 72.1. The molecular weight excluding hydrogens is 1280 g/mol. The number of carbonyl (C=O) groups is 4. The predicted molar refractivity (Wildman–Crippen MR) is 400 cm³/mol. The Morgan fingerprint density at radius 2 is 0.469 bits per heavy atom. The van der Waals surface area contributed by atoms with E-state index >= 15 is 0 Å². The lowest BCUT2D eigenvalue weighted by Crippen LogP contribution is -2.30. The largest absolute Gasteiger partial charge is 0.472 e. The van der Waals surface area contributed by atoms with Crippen LogP contribution in [0.25, 0.3) is 0 Å².